The van der Waals surface area contributed by atoms with Crippen LogP contribution in [0.4, 0.5) is 5.95 Å². The number of nitrogens with two attached hydrogens (primary N) is 1. The second-order valence-corrected chi connectivity index (χ2v) is 4.26. The highest BCUT2D eigenvalue weighted by atomic mass is 15.4. The van der Waals surface area contributed by atoms with Gasteiger partial charge in [-0.25, -0.2) is 0 Å². The average Bonchev–Trinajstić information content (AvgIpc) is 2.46. The van der Waals surface area contributed by atoms with Crippen LogP contribution in [0.15, 0.2) is 0 Å². The maximum Gasteiger partial charge on any atom is 0.224 e. The predicted molar refractivity (Wildman–Crippen MR) is 53.1 cm³/mol. The molecule has 0 saturated heterocycles. The van der Waals surface area contributed by atoms with E-state index < -0.39 is 0 Å². The van der Waals surface area contributed by atoms with Gasteiger partial charge in [-0.2, -0.15) is 0 Å². The first-order valence-corrected chi connectivity index (χ1v) is 5.27. The maximum absolute atomic E-state index is 5.90. The molecule has 14 heavy (non-hydrogen) atoms. The third-order valence-corrected chi connectivity index (χ3v) is 3.19. The largest absolute Gasteiger partial charge is 0.353 e. The zero-order chi connectivity index (χ0) is 9.54. The summed E-state index contributed by atoms with van der Waals surface area (Å²) in [7, 11) is 0. The Morgan fingerprint density at radius 1 is 1.36 bits per heavy atom. The van der Waals surface area contributed by atoms with Gasteiger partial charge in [0, 0.05) is 25.0 Å². The number of nitrogens with zero attached hydrogens (tertiary/aromatic N) is 3. The van der Waals surface area contributed by atoms with Crippen LogP contribution >= 0.6 is 0 Å². The molecule has 1 unspecified atom stereocenters. The highest BCUT2D eigenvalue weighted by Crippen LogP contribution is 2.36. The van der Waals surface area contributed by atoms with Crippen molar-refractivity contribution in [2.45, 2.75) is 37.8 Å². The van der Waals surface area contributed by atoms with E-state index >= 15 is 0 Å². The van der Waals surface area contributed by atoms with Crippen LogP contribution in [0.3, 0.4) is 0 Å². The van der Waals surface area contributed by atoms with Gasteiger partial charge in [-0.3, -0.25) is 4.57 Å². The topological polar surface area (TPSA) is 68.8 Å². The van der Waals surface area contributed by atoms with Crippen molar-refractivity contribution in [3.8, 4) is 0 Å². The summed E-state index contributed by atoms with van der Waals surface area (Å²) in [6.45, 7) is 1.67. The van der Waals surface area contributed by atoms with E-state index in [1.807, 2.05) is 0 Å². The van der Waals surface area contributed by atoms with E-state index in [1.54, 1.807) is 0 Å². The van der Waals surface area contributed by atoms with Crippen LogP contribution in [-0.4, -0.2) is 27.4 Å². The number of hydrogen-bond donors (Lipinski definition) is 2. The molecule has 0 radical (unpaired) electrons. The number of aromatic nitrogens is 3. The number of rotatable bonds is 1. The molecule has 0 amide bonds. The van der Waals surface area contributed by atoms with E-state index in [0.717, 1.165) is 24.9 Å². The lowest BCUT2D eigenvalue weighted by atomic mass is 9.85. The van der Waals surface area contributed by atoms with Gasteiger partial charge in [0.25, 0.3) is 0 Å². The predicted octanol–water partition coefficient (Wildman–Crippen LogP) is 0.298. The van der Waals surface area contributed by atoms with Gasteiger partial charge < -0.3 is 11.1 Å². The summed E-state index contributed by atoms with van der Waals surface area (Å²) >= 11 is 0. The Morgan fingerprint density at radius 2 is 2.21 bits per heavy atom. The van der Waals surface area contributed by atoms with Crippen LogP contribution < -0.4 is 11.1 Å². The molecule has 5 nitrogen and oxygen atoms in total. The fraction of sp³-hybridized carbons (Fsp3) is 0.778. The fourth-order valence-electron chi connectivity index (χ4n) is 2.12. The quantitative estimate of drug-likeness (QED) is 0.673. The van der Waals surface area contributed by atoms with Crippen LogP contribution in [0.25, 0.3) is 0 Å². The fourth-order valence-corrected chi connectivity index (χ4v) is 2.12. The summed E-state index contributed by atoms with van der Waals surface area (Å²) in [4.78, 5) is 0. The first kappa shape index (κ1) is 8.23. The van der Waals surface area contributed by atoms with Crippen molar-refractivity contribution in [3.05, 3.63) is 5.82 Å². The SMILES string of the molecule is NC1CNc2nnc(C3CCC3)n2C1. The minimum Gasteiger partial charge on any atom is -0.353 e. The highest BCUT2D eigenvalue weighted by molar-refractivity contribution is 5.30. The molecule has 2 heterocycles. The summed E-state index contributed by atoms with van der Waals surface area (Å²) in [5.74, 6) is 2.66. The average molecular weight is 193 g/mol. The zero-order valence-electron chi connectivity index (χ0n) is 8.11. The second-order valence-electron chi connectivity index (χ2n) is 4.26. The Kier molecular flexibility index (Phi) is 1.73. The molecule has 3 rings (SSSR count). The molecule has 0 bridgehead atoms. The van der Waals surface area contributed by atoms with Gasteiger partial charge in [-0.1, -0.05) is 6.42 Å². The van der Waals surface area contributed by atoms with E-state index in [-0.39, 0.29) is 6.04 Å². The summed E-state index contributed by atoms with van der Waals surface area (Å²) in [6.07, 6.45) is 3.84. The summed E-state index contributed by atoms with van der Waals surface area (Å²) in [5, 5.41) is 11.6. The van der Waals surface area contributed by atoms with Crippen molar-refractivity contribution in [1.29, 1.82) is 0 Å². The van der Waals surface area contributed by atoms with Gasteiger partial charge in [0.2, 0.25) is 5.95 Å². The number of nitrogens with one attached hydrogen (secondary N) is 1. The molecular formula is C9H15N5. The number of anilines is 1. The van der Waals surface area contributed by atoms with Crippen molar-refractivity contribution in [1.82, 2.24) is 14.8 Å². The number of hydrogen-bond acceptors (Lipinski definition) is 4. The molecule has 0 spiro atoms. The molecular weight excluding hydrogens is 178 g/mol. The molecule has 2 aliphatic rings. The lowest BCUT2D eigenvalue weighted by Gasteiger charge is -2.28. The number of fused-ring (bicyclic) bond motifs is 1. The molecule has 1 aliphatic carbocycles. The van der Waals surface area contributed by atoms with Gasteiger partial charge in [-0.05, 0) is 12.8 Å². The zero-order valence-corrected chi connectivity index (χ0v) is 8.11. The standard InChI is InChI=1S/C9H15N5/c10-7-4-11-9-13-12-8(14(9)5-7)6-2-1-3-6/h6-7H,1-5,10H2,(H,11,13). The van der Waals surface area contributed by atoms with Crippen LogP contribution in [0, 0.1) is 0 Å². The highest BCUT2D eigenvalue weighted by Gasteiger charge is 2.28. The smallest absolute Gasteiger partial charge is 0.224 e. The monoisotopic (exact) mass is 193 g/mol. The normalized spacial score (nSPS) is 26.5. The first-order valence-electron chi connectivity index (χ1n) is 5.27. The Morgan fingerprint density at radius 3 is 2.93 bits per heavy atom. The van der Waals surface area contributed by atoms with Crippen molar-refractivity contribution < 1.29 is 0 Å². The van der Waals surface area contributed by atoms with E-state index in [4.69, 9.17) is 5.73 Å². The minimum atomic E-state index is 0.192. The van der Waals surface area contributed by atoms with E-state index in [0.29, 0.717) is 5.92 Å². The van der Waals surface area contributed by atoms with Crippen LogP contribution in [-0.2, 0) is 6.54 Å². The summed E-state index contributed by atoms with van der Waals surface area (Å²) in [6, 6.07) is 0.192. The Bertz CT molecular complexity index is 341. The molecule has 1 atom stereocenters. The molecule has 1 aromatic rings. The molecule has 3 N–H and O–H groups in total. The van der Waals surface area contributed by atoms with E-state index in [2.05, 4.69) is 20.1 Å². The van der Waals surface area contributed by atoms with E-state index in [1.165, 1.54) is 19.3 Å². The molecule has 1 fully saturated rings. The van der Waals surface area contributed by atoms with Crippen LogP contribution in [0.5, 0.6) is 0 Å². The van der Waals surface area contributed by atoms with Gasteiger partial charge >= 0.3 is 0 Å². The van der Waals surface area contributed by atoms with Crippen LogP contribution in [0.2, 0.25) is 0 Å². The summed E-state index contributed by atoms with van der Waals surface area (Å²) in [5.41, 5.74) is 5.90. The maximum atomic E-state index is 5.90. The third-order valence-electron chi connectivity index (χ3n) is 3.19. The van der Waals surface area contributed by atoms with Crippen LogP contribution in [0.1, 0.15) is 31.0 Å². The van der Waals surface area contributed by atoms with Gasteiger partial charge in [0.05, 0.1) is 0 Å². The Balaban J connectivity index is 1.93. The molecule has 1 aliphatic heterocycles. The molecule has 1 saturated carbocycles. The Hall–Kier alpha value is -1.10. The second kappa shape index (κ2) is 2.95. The Labute approximate surface area is 82.7 Å². The molecule has 0 aromatic carbocycles. The lowest BCUT2D eigenvalue weighted by Crippen LogP contribution is -2.39. The van der Waals surface area contributed by atoms with Crippen molar-refractivity contribution >= 4 is 5.95 Å². The van der Waals surface area contributed by atoms with E-state index in [9.17, 15) is 0 Å². The lowest BCUT2D eigenvalue weighted by molar-refractivity contribution is 0.379. The minimum absolute atomic E-state index is 0.192. The van der Waals surface area contributed by atoms with Crippen molar-refractivity contribution in [3.63, 3.8) is 0 Å². The van der Waals surface area contributed by atoms with Gasteiger partial charge in [0.1, 0.15) is 5.82 Å². The molecule has 5 heteroatoms. The van der Waals surface area contributed by atoms with Gasteiger partial charge in [-0.15, -0.1) is 10.2 Å². The van der Waals surface area contributed by atoms with Crippen molar-refractivity contribution in [2.24, 2.45) is 5.73 Å². The first-order chi connectivity index (χ1) is 6.84. The summed E-state index contributed by atoms with van der Waals surface area (Å²) < 4.78 is 2.15. The molecule has 76 valence electrons. The van der Waals surface area contributed by atoms with Gasteiger partial charge in [0.15, 0.2) is 0 Å². The third kappa shape index (κ3) is 1.12. The van der Waals surface area contributed by atoms with Crippen molar-refractivity contribution in [2.75, 3.05) is 11.9 Å². The molecule has 1 aromatic heterocycles.